The molecule has 3 heterocycles. The van der Waals surface area contributed by atoms with E-state index < -0.39 is 0 Å². The molecule has 0 unspecified atom stereocenters. The maximum absolute atomic E-state index is 6.06. The van der Waals surface area contributed by atoms with E-state index >= 15 is 0 Å². The van der Waals surface area contributed by atoms with Gasteiger partial charge in [-0.1, -0.05) is 24.3 Å². The number of nitrogens with zero attached hydrogens (tertiary/aromatic N) is 4. The van der Waals surface area contributed by atoms with E-state index in [1.54, 1.807) is 0 Å². The Hall–Kier alpha value is -2.43. The zero-order valence-corrected chi connectivity index (χ0v) is 12.5. The molecule has 0 saturated carbocycles. The van der Waals surface area contributed by atoms with Gasteiger partial charge in [-0.15, -0.1) is 0 Å². The van der Waals surface area contributed by atoms with Crippen molar-refractivity contribution in [3.05, 3.63) is 47.3 Å². The fourth-order valence-electron chi connectivity index (χ4n) is 3.27. The van der Waals surface area contributed by atoms with Crippen molar-refractivity contribution in [2.24, 2.45) is 4.99 Å². The number of nitrogens with two attached hydrogens (primary N) is 1. The molecule has 4 rings (SSSR count). The first-order valence-electron chi connectivity index (χ1n) is 7.84. The number of piperidine rings is 1. The molecule has 0 atom stereocenters. The number of nitrogen functional groups attached to an aromatic ring is 1. The summed E-state index contributed by atoms with van der Waals surface area (Å²) in [5.41, 5.74) is 9.43. The van der Waals surface area contributed by atoms with Gasteiger partial charge in [-0.25, -0.2) is 15.0 Å². The topological polar surface area (TPSA) is 67.4 Å². The van der Waals surface area contributed by atoms with Crippen LogP contribution in [0.2, 0.25) is 0 Å². The van der Waals surface area contributed by atoms with Gasteiger partial charge in [0.15, 0.2) is 5.82 Å². The summed E-state index contributed by atoms with van der Waals surface area (Å²) in [7, 11) is 0. The smallest absolute Gasteiger partial charge is 0.163 e. The average molecular weight is 293 g/mol. The molecule has 0 aliphatic carbocycles. The molecule has 22 heavy (non-hydrogen) atoms. The standard InChI is InChI=1S/C17H19N5/c18-15-14-10-12-6-2-3-7-13(12)17(21-16(14)20-11-19-15)22-8-4-1-5-9-22/h2-3,6-7,11H,1,4-5,8-10H2,(H2,18,19,20). The number of hydrogen-bond donors (Lipinski definition) is 1. The predicted octanol–water partition coefficient (Wildman–Crippen LogP) is 2.53. The second-order valence-electron chi connectivity index (χ2n) is 5.88. The Bertz CT molecular complexity index is 732. The van der Waals surface area contributed by atoms with Crippen LogP contribution in [0, 0.1) is 0 Å². The third kappa shape index (κ3) is 2.22. The molecule has 2 aliphatic heterocycles. The van der Waals surface area contributed by atoms with Crippen molar-refractivity contribution in [1.29, 1.82) is 0 Å². The number of aromatic nitrogens is 2. The molecular weight excluding hydrogens is 274 g/mol. The number of rotatable bonds is 0. The fourth-order valence-corrected chi connectivity index (χ4v) is 3.27. The van der Waals surface area contributed by atoms with Crippen LogP contribution in [0.4, 0.5) is 11.6 Å². The third-order valence-corrected chi connectivity index (χ3v) is 4.45. The van der Waals surface area contributed by atoms with Crippen molar-refractivity contribution in [2.75, 3.05) is 18.8 Å². The molecule has 2 aromatic rings. The van der Waals surface area contributed by atoms with Gasteiger partial charge in [0.2, 0.25) is 0 Å². The molecule has 112 valence electrons. The SMILES string of the molecule is Nc1ncnc2c1Cc1ccccc1C(N1CCCCC1)=N2. The molecule has 2 N–H and O–H groups in total. The molecule has 1 aromatic carbocycles. The summed E-state index contributed by atoms with van der Waals surface area (Å²) in [5.74, 6) is 2.28. The van der Waals surface area contributed by atoms with E-state index in [-0.39, 0.29) is 0 Å². The molecule has 1 aromatic heterocycles. The number of fused-ring (bicyclic) bond motifs is 2. The van der Waals surface area contributed by atoms with Crippen molar-refractivity contribution < 1.29 is 0 Å². The summed E-state index contributed by atoms with van der Waals surface area (Å²) in [5, 5.41) is 0. The van der Waals surface area contributed by atoms with Crippen molar-refractivity contribution in [2.45, 2.75) is 25.7 Å². The Morgan fingerprint density at radius 3 is 2.68 bits per heavy atom. The Balaban J connectivity index is 1.89. The van der Waals surface area contributed by atoms with E-state index in [1.807, 2.05) is 0 Å². The van der Waals surface area contributed by atoms with Gasteiger partial charge in [0, 0.05) is 30.6 Å². The molecule has 0 spiro atoms. The minimum absolute atomic E-state index is 0.531. The van der Waals surface area contributed by atoms with E-state index in [2.05, 4.69) is 39.1 Å². The van der Waals surface area contributed by atoms with E-state index in [4.69, 9.17) is 10.7 Å². The lowest BCUT2D eigenvalue weighted by molar-refractivity contribution is 0.343. The number of likely N-dealkylation sites (tertiary alicyclic amines) is 1. The lowest BCUT2D eigenvalue weighted by Crippen LogP contribution is -2.36. The summed E-state index contributed by atoms with van der Waals surface area (Å²) in [6, 6.07) is 8.44. The van der Waals surface area contributed by atoms with Crippen molar-refractivity contribution >= 4 is 17.5 Å². The molecule has 2 aliphatic rings. The van der Waals surface area contributed by atoms with Gasteiger partial charge in [-0.2, -0.15) is 0 Å². The maximum atomic E-state index is 6.06. The number of aliphatic imine (C=N–C) groups is 1. The molecule has 1 saturated heterocycles. The lowest BCUT2D eigenvalue weighted by atomic mass is 9.99. The second kappa shape index (κ2) is 5.40. The Labute approximate surface area is 129 Å². The summed E-state index contributed by atoms with van der Waals surface area (Å²) in [6.45, 7) is 2.12. The normalized spacial score (nSPS) is 17.3. The van der Waals surface area contributed by atoms with Gasteiger partial charge in [0.25, 0.3) is 0 Å². The van der Waals surface area contributed by atoms with E-state index in [9.17, 15) is 0 Å². The van der Waals surface area contributed by atoms with Crippen LogP contribution >= 0.6 is 0 Å². The highest BCUT2D eigenvalue weighted by molar-refractivity contribution is 6.02. The Morgan fingerprint density at radius 1 is 1.00 bits per heavy atom. The van der Waals surface area contributed by atoms with Gasteiger partial charge in [0.05, 0.1) is 0 Å². The highest BCUT2D eigenvalue weighted by Gasteiger charge is 2.24. The highest BCUT2D eigenvalue weighted by atomic mass is 15.2. The van der Waals surface area contributed by atoms with Gasteiger partial charge in [-0.3, -0.25) is 0 Å². The van der Waals surface area contributed by atoms with Gasteiger partial charge >= 0.3 is 0 Å². The van der Waals surface area contributed by atoms with Crippen molar-refractivity contribution in [3.8, 4) is 0 Å². The molecule has 0 amide bonds. The Morgan fingerprint density at radius 2 is 1.82 bits per heavy atom. The molecule has 0 bridgehead atoms. The van der Waals surface area contributed by atoms with Crippen molar-refractivity contribution in [1.82, 2.24) is 14.9 Å². The van der Waals surface area contributed by atoms with Crippen LogP contribution in [0.5, 0.6) is 0 Å². The van der Waals surface area contributed by atoms with Crippen LogP contribution in [0.15, 0.2) is 35.6 Å². The van der Waals surface area contributed by atoms with Crippen LogP contribution in [0.1, 0.15) is 36.0 Å². The highest BCUT2D eigenvalue weighted by Crippen LogP contribution is 2.31. The summed E-state index contributed by atoms with van der Waals surface area (Å²) < 4.78 is 0. The van der Waals surface area contributed by atoms with Gasteiger partial charge in [0.1, 0.15) is 18.0 Å². The first kappa shape index (κ1) is 13.2. The summed E-state index contributed by atoms with van der Waals surface area (Å²) in [6.07, 6.45) is 5.98. The average Bonchev–Trinajstić information content (AvgIpc) is 2.74. The lowest BCUT2D eigenvalue weighted by Gasteiger charge is -2.30. The fraction of sp³-hybridized carbons (Fsp3) is 0.353. The van der Waals surface area contributed by atoms with Crippen molar-refractivity contribution in [3.63, 3.8) is 0 Å². The summed E-state index contributed by atoms with van der Waals surface area (Å²) in [4.78, 5) is 15.8. The maximum Gasteiger partial charge on any atom is 0.163 e. The summed E-state index contributed by atoms with van der Waals surface area (Å²) >= 11 is 0. The van der Waals surface area contributed by atoms with Gasteiger partial charge < -0.3 is 10.6 Å². The van der Waals surface area contributed by atoms with E-state index in [0.29, 0.717) is 11.6 Å². The number of anilines is 1. The molecular formula is C17H19N5. The molecule has 5 heteroatoms. The first-order chi connectivity index (χ1) is 10.8. The Kier molecular flexibility index (Phi) is 3.25. The zero-order chi connectivity index (χ0) is 14.9. The third-order valence-electron chi connectivity index (χ3n) is 4.45. The minimum Gasteiger partial charge on any atom is -0.383 e. The van der Waals surface area contributed by atoms with Crippen LogP contribution in [0.25, 0.3) is 0 Å². The van der Waals surface area contributed by atoms with Crippen LogP contribution in [-0.2, 0) is 6.42 Å². The van der Waals surface area contributed by atoms with Crippen LogP contribution < -0.4 is 5.73 Å². The second-order valence-corrected chi connectivity index (χ2v) is 5.88. The monoisotopic (exact) mass is 293 g/mol. The molecule has 5 nitrogen and oxygen atoms in total. The molecule has 0 radical (unpaired) electrons. The van der Waals surface area contributed by atoms with Crippen LogP contribution in [-0.4, -0.2) is 33.8 Å². The zero-order valence-electron chi connectivity index (χ0n) is 12.5. The first-order valence-corrected chi connectivity index (χ1v) is 7.84. The quantitative estimate of drug-likeness (QED) is 0.810. The number of benzene rings is 1. The predicted molar refractivity (Wildman–Crippen MR) is 87.3 cm³/mol. The number of hydrogen-bond acceptors (Lipinski definition) is 5. The van der Waals surface area contributed by atoms with E-state index in [1.165, 1.54) is 36.7 Å². The van der Waals surface area contributed by atoms with E-state index in [0.717, 1.165) is 30.9 Å². The molecule has 1 fully saturated rings. The van der Waals surface area contributed by atoms with Crippen LogP contribution in [0.3, 0.4) is 0 Å². The largest absolute Gasteiger partial charge is 0.383 e. The number of amidine groups is 1. The minimum atomic E-state index is 0.531. The van der Waals surface area contributed by atoms with Gasteiger partial charge in [-0.05, 0) is 24.8 Å².